The lowest BCUT2D eigenvalue weighted by atomic mass is 10.1. The quantitative estimate of drug-likeness (QED) is 0.393. The summed E-state index contributed by atoms with van der Waals surface area (Å²) in [4.78, 5) is 35.8. The molecular weight excluding hydrogens is 444 g/mol. The van der Waals surface area contributed by atoms with Gasteiger partial charge in [-0.15, -0.1) is 0 Å². The zero-order chi connectivity index (χ0) is 24.8. The summed E-state index contributed by atoms with van der Waals surface area (Å²) in [6.45, 7) is 2.16. The highest BCUT2D eigenvalue weighted by molar-refractivity contribution is 6.09. The molecule has 0 atom stereocenters. The van der Waals surface area contributed by atoms with Gasteiger partial charge < -0.3 is 14.6 Å². The molecule has 0 aliphatic carbocycles. The maximum absolute atomic E-state index is 13.4. The van der Waals surface area contributed by atoms with E-state index in [2.05, 4.69) is 16.4 Å². The van der Waals surface area contributed by atoms with Gasteiger partial charge in [0.05, 0.1) is 35.8 Å². The lowest BCUT2D eigenvalue weighted by Gasteiger charge is -2.20. The van der Waals surface area contributed by atoms with E-state index in [4.69, 9.17) is 15.0 Å². The van der Waals surface area contributed by atoms with E-state index in [1.165, 1.54) is 4.90 Å². The first-order chi connectivity index (χ1) is 17.0. The second-order valence-corrected chi connectivity index (χ2v) is 7.72. The van der Waals surface area contributed by atoms with Crippen LogP contribution >= 0.6 is 0 Å². The Morgan fingerprint density at radius 1 is 1.14 bits per heavy atom. The number of benzene rings is 2. The van der Waals surface area contributed by atoms with Gasteiger partial charge in [0.25, 0.3) is 5.91 Å². The lowest BCUT2D eigenvalue weighted by molar-refractivity contribution is -0.141. The van der Waals surface area contributed by atoms with Gasteiger partial charge in [0.2, 0.25) is 0 Å². The molecule has 0 aliphatic heterocycles. The number of fused-ring (bicyclic) bond motifs is 1. The van der Waals surface area contributed by atoms with Crippen molar-refractivity contribution in [2.75, 3.05) is 23.4 Å². The van der Waals surface area contributed by atoms with Crippen molar-refractivity contribution in [1.29, 1.82) is 5.26 Å². The van der Waals surface area contributed by atoms with E-state index in [-0.39, 0.29) is 19.1 Å². The van der Waals surface area contributed by atoms with Gasteiger partial charge in [0.15, 0.2) is 0 Å². The van der Waals surface area contributed by atoms with E-state index >= 15 is 0 Å². The Morgan fingerprint density at radius 3 is 2.63 bits per heavy atom. The Balaban J connectivity index is 1.58. The molecule has 0 aliphatic rings. The third-order valence-corrected chi connectivity index (χ3v) is 5.45. The van der Waals surface area contributed by atoms with Gasteiger partial charge in [0.1, 0.15) is 18.2 Å². The maximum Gasteiger partial charge on any atom is 0.326 e. The largest absolute Gasteiger partial charge is 0.465 e. The van der Waals surface area contributed by atoms with Crippen LogP contribution in [0.5, 0.6) is 0 Å². The van der Waals surface area contributed by atoms with Crippen molar-refractivity contribution >= 4 is 34.4 Å². The van der Waals surface area contributed by atoms with Crippen LogP contribution in [-0.4, -0.2) is 39.6 Å². The summed E-state index contributed by atoms with van der Waals surface area (Å²) in [5, 5.41) is 12.2. The number of rotatable bonds is 8. The third kappa shape index (κ3) is 5.28. The molecule has 0 saturated heterocycles. The van der Waals surface area contributed by atoms with Crippen LogP contribution in [-0.2, 0) is 23.1 Å². The van der Waals surface area contributed by atoms with E-state index in [1.807, 2.05) is 29.8 Å². The third-order valence-electron chi connectivity index (χ3n) is 5.45. The second kappa shape index (κ2) is 10.5. The fourth-order valence-electron chi connectivity index (χ4n) is 3.65. The van der Waals surface area contributed by atoms with Crippen molar-refractivity contribution < 1.29 is 14.3 Å². The molecule has 0 fully saturated rings. The Morgan fingerprint density at radius 2 is 1.94 bits per heavy atom. The van der Waals surface area contributed by atoms with Gasteiger partial charge in [0, 0.05) is 24.5 Å². The molecule has 2 heterocycles. The number of nitrogens with zero attached hydrogens (tertiary/aromatic N) is 5. The molecule has 1 N–H and O–H groups in total. The molecule has 9 heteroatoms. The van der Waals surface area contributed by atoms with E-state index < -0.39 is 5.97 Å². The smallest absolute Gasteiger partial charge is 0.326 e. The molecule has 0 radical (unpaired) electrons. The minimum Gasteiger partial charge on any atom is -0.465 e. The number of amides is 1. The highest BCUT2D eigenvalue weighted by atomic mass is 16.5. The molecule has 0 unspecified atom stereocenters. The predicted octanol–water partition coefficient (Wildman–Crippen LogP) is 3.66. The molecule has 4 rings (SSSR count). The molecule has 35 heavy (non-hydrogen) atoms. The normalized spacial score (nSPS) is 10.5. The predicted molar refractivity (Wildman–Crippen MR) is 132 cm³/mol. The molecule has 0 bridgehead atoms. The van der Waals surface area contributed by atoms with Crippen LogP contribution in [0.3, 0.4) is 0 Å². The average Bonchev–Trinajstić information content (AvgIpc) is 3.21. The number of carbonyl (C=O) groups excluding carboxylic acids is 2. The fourth-order valence-corrected chi connectivity index (χ4v) is 3.65. The summed E-state index contributed by atoms with van der Waals surface area (Å²) in [5.41, 5.74) is 3.38. The van der Waals surface area contributed by atoms with Crippen LogP contribution < -0.4 is 10.2 Å². The van der Waals surface area contributed by atoms with Crippen LogP contribution in [0.25, 0.3) is 11.0 Å². The summed E-state index contributed by atoms with van der Waals surface area (Å²) < 4.78 is 7.00. The van der Waals surface area contributed by atoms with Crippen molar-refractivity contribution in [3.05, 3.63) is 83.8 Å². The Bertz CT molecular complexity index is 1390. The van der Waals surface area contributed by atoms with Crippen LogP contribution in [0.15, 0.2) is 66.9 Å². The zero-order valence-corrected chi connectivity index (χ0v) is 19.4. The minimum absolute atomic E-state index is 0.224. The molecule has 4 aromatic rings. The van der Waals surface area contributed by atoms with Gasteiger partial charge in [-0.25, -0.2) is 9.97 Å². The number of hydrogen-bond acceptors (Lipinski definition) is 7. The number of hydrogen-bond donors (Lipinski definition) is 1. The molecule has 9 nitrogen and oxygen atoms in total. The SMILES string of the molecule is CCOC(=O)CN(C(=O)c1ccc2c(c1)nc(CNc1ccc(C#N)cc1)n2C)c1ccccn1. The van der Waals surface area contributed by atoms with E-state index in [0.29, 0.717) is 29.0 Å². The maximum atomic E-state index is 13.4. The molecule has 1 amide bonds. The summed E-state index contributed by atoms with van der Waals surface area (Å²) in [6.07, 6.45) is 1.57. The minimum atomic E-state index is -0.512. The van der Waals surface area contributed by atoms with Crippen molar-refractivity contribution in [1.82, 2.24) is 14.5 Å². The first-order valence-corrected chi connectivity index (χ1v) is 11.1. The Kier molecular flexibility index (Phi) is 7.02. The zero-order valence-electron chi connectivity index (χ0n) is 19.4. The van der Waals surface area contributed by atoms with Crippen molar-refractivity contribution in [3.63, 3.8) is 0 Å². The molecule has 2 aromatic heterocycles. The van der Waals surface area contributed by atoms with Crippen molar-refractivity contribution in [3.8, 4) is 6.07 Å². The van der Waals surface area contributed by atoms with E-state index in [0.717, 1.165) is 17.0 Å². The Labute approximate surface area is 202 Å². The summed E-state index contributed by atoms with van der Waals surface area (Å²) in [6, 6.07) is 19.7. The molecule has 2 aromatic carbocycles. The van der Waals surface area contributed by atoms with E-state index in [9.17, 15) is 9.59 Å². The number of pyridine rings is 1. The summed E-state index contributed by atoms with van der Waals surface area (Å²) >= 11 is 0. The number of anilines is 2. The molecular formula is C26H24N6O3. The highest BCUT2D eigenvalue weighted by Crippen LogP contribution is 2.21. The number of aryl methyl sites for hydroxylation is 1. The monoisotopic (exact) mass is 468 g/mol. The van der Waals surface area contributed by atoms with Crippen molar-refractivity contribution in [2.45, 2.75) is 13.5 Å². The number of imidazole rings is 1. The fraction of sp³-hybridized carbons (Fsp3) is 0.192. The van der Waals surface area contributed by atoms with Gasteiger partial charge >= 0.3 is 5.97 Å². The van der Waals surface area contributed by atoms with Crippen LogP contribution in [0.1, 0.15) is 28.7 Å². The summed E-state index contributed by atoms with van der Waals surface area (Å²) in [7, 11) is 1.91. The number of esters is 1. The van der Waals surface area contributed by atoms with Gasteiger partial charge in [-0.2, -0.15) is 5.26 Å². The molecule has 176 valence electrons. The van der Waals surface area contributed by atoms with E-state index in [1.54, 1.807) is 55.6 Å². The standard InChI is InChI=1S/C26H24N6O3/c1-3-35-25(33)17-32(23-6-4-5-13-28-23)26(34)19-9-12-22-21(14-19)30-24(31(22)2)16-29-20-10-7-18(15-27)8-11-20/h4-14,29H,3,16-17H2,1-2H3. The first kappa shape index (κ1) is 23.4. The van der Waals surface area contributed by atoms with Crippen LogP contribution in [0.2, 0.25) is 0 Å². The summed E-state index contributed by atoms with van der Waals surface area (Å²) in [5.74, 6) is 0.254. The topological polar surface area (TPSA) is 113 Å². The van der Waals surface area contributed by atoms with Crippen LogP contribution in [0.4, 0.5) is 11.5 Å². The first-order valence-electron chi connectivity index (χ1n) is 11.1. The number of carbonyl (C=O) groups is 2. The van der Waals surface area contributed by atoms with Gasteiger partial charge in [-0.3, -0.25) is 14.5 Å². The van der Waals surface area contributed by atoms with Crippen LogP contribution in [0, 0.1) is 11.3 Å². The average molecular weight is 469 g/mol. The highest BCUT2D eigenvalue weighted by Gasteiger charge is 2.23. The van der Waals surface area contributed by atoms with Gasteiger partial charge in [-0.05, 0) is 61.5 Å². The molecule has 0 saturated carbocycles. The second-order valence-electron chi connectivity index (χ2n) is 7.72. The lowest BCUT2D eigenvalue weighted by Crippen LogP contribution is -2.37. The molecule has 0 spiro atoms. The Hall–Kier alpha value is -4.71. The van der Waals surface area contributed by atoms with Gasteiger partial charge in [-0.1, -0.05) is 6.07 Å². The number of nitriles is 1. The number of ether oxygens (including phenoxy) is 1. The number of aromatic nitrogens is 3. The number of nitrogens with one attached hydrogen (secondary N) is 1. The van der Waals surface area contributed by atoms with Crippen molar-refractivity contribution in [2.24, 2.45) is 7.05 Å².